The molecule has 74 valence electrons. The molecule has 2 heteroatoms. The Kier molecular flexibility index (Phi) is 2.56. The second kappa shape index (κ2) is 3.69. The largest absolute Gasteiger partial charge is 0.361 e. The minimum Gasteiger partial charge on any atom is -0.361 e. The summed E-state index contributed by atoms with van der Waals surface area (Å²) >= 11 is 0. The smallest absolute Gasteiger partial charge is 0.0957 e. The van der Waals surface area contributed by atoms with Gasteiger partial charge in [-0.1, -0.05) is 12.8 Å². The first-order valence-corrected chi connectivity index (χ1v) is 5.57. The SMILES string of the molecule is CN1C(=N)CCCC1CCC1CC1. The van der Waals surface area contributed by atoms with Gasteiger partial charge in [-0.05, 0) is 31.6 Å². The maximum atomic E-state index is 7.75. The molecule has 1 heterocycles. The molecular weight excluding hydrogens is 160 g/mol. The molecule has 2 rings (SSSR count). The number of amidine groups is 1. The van der Waals surface area contributed by atoms with Crippen molar-refractivity contribution >= 4 is 5.84 Å². The predicted octanol–water partition coefficient (Wildman–Crippen LogP) is 2.64. The van der Waals surface area contributed by atoms with Gasteiger partial charge in [-0.3, -0.25) is 5.41 Å². The number of hydrogen-bond donors (Lipinski definition) is 1. The third kappa shape index (κ3) is 2.23. The molecule has 0 aromatic rings. The van der Waals surface area contributed by atoms with E-state index in [1.54, 1.807) is 0 Å². The zero-order valence-electron chi connectivity index (χ0n) is 8.55. The molecule has 0 radical (unpaired) electrons. The van der Waals surface area contributed by atoms with Gasteiger partial charge in [-0.15, -0.1) is 0 Å². The number of piperidine rings is 1. The fraction of sp³-hybridized carbons (Fsp3) is 0.909. The minimum atomic E-state index is 0.682. The summed E-state index contributed by atoms with van der Waals surface area (Å²) in [5, 5.41) is 7.75. The second-order valence-corrected chi connectivity index (χ2v) is 4.62. The summed E-state index contributed by atoms with van der Waals surface area (Å²) in [6.07, 6.45) is 9.20. The molecular formula is C11H20N2. The van der Waals surface area contributed by atoms with Crippen molar-refractivity contribution in [2.45, 2.75) is 51.0 Å². The van der Waals surface area contributed by atoms with Crippen LogP contribution in [0.15, 0.2) is 0 Å². The molecule has 1 aliphatic heterocycles. The van der Waals surface area contributed by atoms with Crippen molar-refractivity contribution in [3.63, 3.8) is 0 Å². The molecule has 0 aromatic carbocycles. The standard InChI is InChI=1S/C11H20N2/c1-13-10(3-2-4-11(13)12)8-7-9-5-6-9/h9-10,12H,2-8H2,1H3. The van der Waals surface area contributed by atoms with Crippen LogP contribution in [-0.2, 0) is 0 Å². The second-order valence-electron chi connectivity index (χ2n) is 4.62. The van der Waals surface area contributed by atoms with Gasteiger partial charge in [0.05, 0.1) is 5.84 Å². The zero-order valence-corrected chi connectivity index (χ0v) is 8.55. The van der Waals surface area contributed by atoms with Gasteiger partial charge < -0.3 is 4.90 Å². The number of nitrogens with one attached hydrogen (secondary N) is 1. The van der Waals surface area contributed by atoms with Gasteiger partial charge in [0, 0.05) is 19.5 Å². The van der Waals surface area contributed by atoms with Gasteiger partial charge in [-0.2, -0.15) is 0 Å². The summed E-state index contributed by atoms with van der Waals surface area (Å²) in [6.45, 7) is 0. The van der Waals surface area contributed by atoms with E-state index in [2.05, 4.69) is 11.9 Å². The van der Waals surface area contributed by atoms with Crippen molar-refractivity contribution in [3.05, 3.63) is 0 Å². The van der Waals surface area contributed by atoms with E-state index in [1.807, 2.05) is 0 Å². The Morgan fingerprint density at radius 2 is 2.08 bits per heavy atom. The molecule has 1 saturated heterocycles. The summed E-state index contributed by atoms with van der Waals surface area (Å²) in [5.41, 5.74) is 0. The van der Waals surface area contributed by atoms with Gasteiger partial charge in [0.15, 0.2) is 0 Å². The topological polar surface area (TPSA) is 27.1 Å². The highest BCUT2D eigenvalue weighted by Crippen LogP contribution is 2.35. The molecule has 0 bridgehead atoms. The minimum absolute atomic E-state index is 0.682. The fourth-order valence-electron chi connectivity index (χ4n) is 2.27. The van der Waals surface area contributed by atoms with Crippen LogP contribution in [0.3, 0.4) is 0 Å². The van der Waals surface area contributed by atoms with Crippen LogP contribution < -0.4 is 0 Å². The maximum absolute atomic E-state index is 7.75. The highest BCUT2D eigenvalue weighted by molar-refractivity contribution is 5.79. The highest BCUT2D eigenvalue weighted by Gasteiger charge is 2.26. The molecule has 2 fully saturated rings. The third-order valence-corrected chi connectivity index (χ3v) is 3.53. The van der Waals surface area contributed by atoms with Crippen molar-refractivity contribution in [3.8, 4) is 0 Å². The molecule has 0 amide bonds. The van der Waals surface area contributed by atoms with Crippen LogP contribution in [0, 0.1) is 11.3 Å². The monoisotopic (exact) mass is 180 g/mol. The van der Waals surface area contributed by atoms with Crippen LogP contribution in [0.2, 0.25) is 0 Å². The Morgan fingerprint density at radius 1 is 1.31 bits per heavy atom. The van der Waals surface area contributed by atoms with E-state index in [4.69, 9.17) is 5.41 Å². The summed E-state index contributed by atoms with van der Waals surface area (Å²) < 4.78 is 0. The molecule has 2 nitrogen and oxygen atoms in total. The van der Waals surface area contributed by atoms with E-state index in [1.165, 1.54) is 38.5 Å². The van der Waals surface area contributed by atoms with E-state index >= 15 is 0 Å². The number of hydrogen-bond acceptors (Lipinski definition) is 1. The molecule has 1 N–H and O–H groups in total. The lowest BCUT2D eigenvalue weighted by molar-refractivity contribution is 0.280. The van der Waals surface area contributed by atoms with Crippen LogP contribution in [-0.4, -0.2) is 23.8 Å². The van der Waals surface area contributed by atoms with Gasteiger partial charge in [0.2, 0.25) is 0 Å². The van der Waals surface area contributed by atoms with Gasteiger partial charge in [0.25, 0.3) is 0 Å². The van der Waals surface area contributed by atoms with E-state index in [0.29, 0.717) is 6.04 Å². The first-order chi connectivity index (χ1) is 6.27. The van der Waals surface area contributed by atoms with Gasteiger partial charge >= 0.3 is 0 Å². The van der Waals surface area contributed by atoms with Crippen molar-refractivity contribution in [1.29, 1.82) is 5.41 Å². The average Bonchev–Trinajstić information content (AvgIpc) is 2.91. The molecule has 2 aliphatic rings. The van der Waals surface area contributed by atoms with Crippen LogP contribution in [0.25, 0.3) is 0 Å². The predicted molar refractivity (Wildman–Crippen MR) is 55.1 cm³/mol. The Bertz CT molecular complexity index is 196. The quantitative estimate of drug-likeness (QED) is 0.710. The summed E-state index contributed by atoms with van der Waals surface area (Å²) in [7, 11) is 2.10. The molecule has 1 saturated carbocycles. The highest BCUT2D eigenvalue weighted by atomic mass is 15.2. The summed E-state index contributed by atoms with van der Waals surface area (Å²) in [4.78, 5) is 2.20. The zero-order chi connectivity index (χ0) is 9.26. The molecule has 0 aromatic heterocycles. The molecule has 1 aliphatic carbocycles. The Balaban J connectivity index is 1.78. The van der Waals surface area contributed by atoms with Gasteiger partial charge in [-0.25, -0.2) is 0 Å². The third-order valence-electron chi connectivity index (χ3n) is 3.53. The lowest BCUT2D eigenvalue weighted by Crippen LogP contribution is -2.40. The van der Waals surface area contributed by atoms with Crippen LogP contribution in [0.4, 0.5) is 0 Å². The van der Waals surface area contributed by atoms with E-state index in [9.17, 15) is 0 Å². The molecule has 1 atom stereocenters. The van der Waals surface area contributed by atoms with Crippen molar-refractivity contribution in [2.24, 2.45) is 5.92 Å². The first-order valence-electron chi connectivity index (χ1n) is 5.57. The lowest BCUT2D eigenvalue weighted by Gasteiger charge is -2.34. The Hall–Kier alpha value is -0.530. The van der Waals surface area contributed by atoms with Gasteiger partial charge in [0.1, 0.15) is 0 Å². The van der Waals surface area contributed by atoms with E-state index in [0.717, 1.165) is 18.2 Å². The Morgan fingerprint density at radius 3 is 2.77 bits per heavy atom. The fourth-order valence-corrected chi connectivity index (χ4v) is 2.27. The molecule has 1 unspecified atom stereocenters. The van der Waals surface area contributed by atoms with E-state index < -0.39 is 0 Å². The summed E-state index contributed by atoms with van der Waals surface area (Å²) in [6, 6.07) is 0.682. The molecule has 0 spiro atoms. The first kappa shape index (κ1) is 9.04. The summed E-state index contributed by atoms with van der Waals surface area (Å²) in [5.74, 6) is 1.90. The van der Waals surface area contributed by atoms with Crippen molar-refractivity contribution in [1.82, 2.24) is 4.90 Å². The Labute approximate surface area is 80.8 Å². The number of nitrogens with zero attached hydrogens (tertiary/aromatic N) is 1. The average molecular weight is 180 g/mol. The van der Waals surface area contributed by atoms with Crippen LogP contribution in [0.5, 0.6) is 0 Å². The van der Waals surface area contributed by atoms with Crippen molar-refractivity contribution in [2.75, 3.05) is 7.05 Å². The normalized spacial score (nSPS) is 29.5. The number of rotatable bonds is 3. The maximum Gasteiger partial charge on any atom is 0.0957 e. The lowest BCUT2D eigenvalue weighted by atomic mass is 9.97. The molecule has 13 heavy (non-hydrogen) atoms. The van der Waals surface area contributed by atoms with Crippen LogP contribution in [0.1, 0.15) is 44.9 Å². The van der Waals surface area contributed by atoms with E-state index in [-0.39, 0.29) is 0 Å². The van der Waals surface area contributed by atoms with Crippen molar-refractivity contribution < 1.29 is 0 Å². The van der Waals surface area contributed by atoms with Crippen LogP contribution >= 0.6 is 0 Å². The number of likely N-dealkylation sites (tertiary alicyclic amines) is 1.